The summed E-state index contributed by atoms with van der Waals surface area (Å²) in [5.74, 6) is 0.543. The Balaban J connectivity index is 2.30. The van der Waals surface area contributed by atoms with Crippen LogP contribution in [-0.2, 0) is 6.42 Å². The van der Waals surface area contributed by atoms with Crippen molar-refractivity contribution in [2.45, 2.75) is 19.8 Å². The van der Waals surface area contributed by atoms with Gasteiger partial charge in [-0.2, -0.15) is 0 Å². The Morgan fingerprint density at radius 3 is 2.76 bits per heavy atom. The van der Waals surface area contributed by atoms with Gasteiger partial charge >= 0.3 is 0 Å². The Morgan fingerprint density at radius 2 is 2.05 bits per heavy atom. The van der Waals surface area contributed by atoms with Crippen molar-refractivity contribution in [1.29, 1.82) is 0 Å². The van der Waals surface area contributed by atoms with Crippen LogP contribution >= 0.6 is 11.6 Å². The first-order chi connectivity index (χ1) is 10.1. The van der Waals surface area contributed by atoms with Crippen LogP contribution in [0, 0.1) is 5.82 Å². The van der Waals surface area contributed by atoms with E-state index in [1.165, 1.54) is 12.1 Å². The molecule has 0 unspecified atom stereocenters. The number of fused-ring (bicyclic) bond motifs is 1. The van der Waals surface area contributed by atoms with Crippen LogP contribution in [0.15, 0.2) is 36.4 Å². The summed E-state index contributed by atoms with van der Waals surface area (Å²) in [5, 5.41) is 0.364. The maximum atomic E-state index is 13.3. The Kier molecular flexibility index (Phi) is 3.55. The summed E-state index contributed by atoms with van der Waals surface area (Å²) in [6.07, 6.45) is 1.76. The molecule has 0 saturated heterocycles. The van der Waals surface area contributed by atoms with E-state index in [9.17, 15) is 4.39 Å². The van der Waals surface area contributed by atoms with Gasteiger partial charge in [-0.15, -0.1) is 0 Å². The number of benzene rings is 2. The fourth-order valence-corrected chi connectivity index (χ4v) is 2.72. The number of nitrogens with two attached hydrogens (primary N) is 1. The molecule has 1 aromatic heterocycles. The predicted octanol–water partition coefficient (Wildman–Crippen LogP) is 4.35. The molecule has 0 saturated carbocycles. The molecule has 5 heteroatoms. The van der Waals surface area contributed by atoms with Gasteiger partial charge in [0.25, 0.3) is 0 Å². The average Bonchev–Trinajstić information content (AvgIpc) is 2.76. The Bertz CT molecular complexity index is 811. The second-order valence-electron chi connectivity index (χ2n) is 4.96. The van der Waals surface area contributed by atoms with E-state index >= 15 is 0 Å². The van der Waals surface area contributed by atoms with Crippen LogP contribution in [0.3, 0.4) is 0 Å². The molecule has 3 nitrogen and oxygen atoms in total. The number of aromatic nitrogens is 2. The standard InChI is InChI=1S/C16H15ClFN3/c1-2-3-16-20-13-9-11(19)5-7-15(13)21(16)14-6-4-10(18)8-12(14)17/h4-9H,2-3,19H2,1H3. The number of hydrogen-bond acceptors (Lipinski definition) is 2. The van der Waals surface area contributed by atoms with Crippen LogP contribution in [-0.4, -0.2) is 9.55 Å². The number of aryl methyl sites for hydroxylation is 1. The van der Waals surface area contributed by atoms with Gasteiger partial charge < -0.3 is 5.73 Å². The summed E-state index contributed by atoms with van der Waals surface area (Å²) >= 11 is 6.21. The molecule has 0 fully saturated rings. The Labute approximate surface area is 127 Å². The third-order valence-corrected chi connectivity index (χ3v) is 3.67. The topological polar surface area (TPSA) is 43.8 Å². The number of nitrogens with zero attached hydrogens (tertiary/aromatic N) is 2. The number of rotatable bonds is 3. The van der Waals surface area contributed by atoms with E-state index in [2.05, 4.69) is 11.9 Å². The molecule has 0 bridgehead atoms. The first kappa shape index (κ1) is 13.9. The molecule has 0 amide bonds. The summed E-state index contributed by atoms with van der Waals surface area (Å²) in [6, 6.07) is 9.97. The SMILES string of the molecule is CCCc1nc2cc(N)ccc2n1-c1ccc(F)cc1Cl. The number of halogens is 2. The summed E-state index contributed by atoms with van der Waals surface area (Å²) in [7, 11) is 0. The van der Waals surface area contributed by atoms with Crippen LogP contribution in [0.5, 0.6) is 0 Å². The van der Waals surface area contributed by atoms with Gasteiger partial charge in [-0.05, 0) is 42.8 Å². The van der Waals surface area contributed by atoms with Gasteiger partial charge in [-0.25, -0.2) is 9.37 Å². The Hall–Kier alpha value is -2.07. The molecule has 0 aliphatic carbocycles. The summed E-state index contributed by atoms with van der Waals surface area (Å²) in [5.41, 5.74) is 8.95. The van der Waals surface area contributed by atoms with Crippen molar-refractivity contribution in [2.24, 2.45) is 0 Å². The molecule has 0 aliphatic rings. The normalized spacial score (nSPS) is 11.2. The second-order valence-corrected chi connectivity index (χ2v) is 5.36. The van der Waals surface area contributed by atoms with E-state index in [4.69, 9.17) is 17.3 Å². The van der Waals surface area contributed by atoms with E-state index in [-0.39, 0.29) is 5.82 Å². The van der Waals surface area contributed by atoms with Crippen molar-refractivity contribution in [3.8, 4) is 5.69 Å². The molecule has 108 valence electrons. The minimum absolute atomic E-state index is 0.352. The molecule has 0 aliphatic heterocycles. The van der Waals surface area contributed by atoms with E-state index in [1.54, 1.807) is 6.07 Å². The summed E-state index contributed by atoms with van der Waals surface area (Å²) in [6.45, 7) is 2.09. The lowest BCUT2D eigenvalue weighted by atomic mass is 10.2. The number of hydrogen-bond donors (Lipinski definition) is 1. The van der Waals surface area contributed by atoms with Crippen molar-refractivity contribution in [2.75, 3.05) is 5.73 Å². The lowest BCUT2D eigenvalue weighted by Gasteiger charge is -2.11. The quantitative estimate of drug-likeness (QED) is 0.731. The first-order valence-corrected chi connectivity index (χ1v) is 7.20. The zero-order chi connectivity index (χ0) is 15.0. The highest BCUT2D eigenvalue weighted by atomic mass is 35.5. The van der Waals surface area contributed by atoms with Gasteiger partial charge in [0.1, 0.15) is 11.6 Å². The first-order valence-electron chi connectivity index (χ1n) is 6.82. The lowest BCUT2D eigenvalue weighted by molar-refractivity contribution is 0.627. The van der Waals surface area contributed by atoms with Crippen LogP contribution in [0.4, 0.5) is 10.1 Å². The van der Waals surface area contributed by atoms with Gasteiger partial charge in [0.15, 0.2) is 0 Å². The number of anilines is 1. The van der Waals surface area contributed by atoms with Crippen LogP contribution in [0.25, 0.3) is 16.7 Å². The van der Waals surface area contributed by atoms with Crippen molar-refractivity contribution in [3.63, 3.8) is 0 Å². The zero-order valence-corrected chi connectivity index (χ0v) is 12.4. The molecule has 0 spiro atoms. The highest BCUT2D eigenvalue weighted by Crippen LogP contribution is 2.29. The molecular formula is C16H15ClFN3. The van der Waals surface area contributed by atoms with Crippen molar-refractivity contribution < 1.29 is 4.39 Å². The van der Waals surface area contributed by atoms with E-state index in [0.717, 1.165) is 35.4 Å². The van der Waals surface area contributed by atoms with Gasteiger partial charge in [0.05, 0.1) is 21.7 Å². The minimum atomic E-state index is -0.352. The van der Waals surface area contributed by atoms with Gasteiger partial charge in [-0.1, -0.05) is 18.5 Å². The summed E-state index contributed by atoms with van der Waals surface area (Å²) in [4.78, 5) is 4.63. The monoisotopic (exact) mass is 303 g/mol. The van der Waals surface area contributed by atoms with Crippen molar-refractivity contribution >= 4 is 28.3 Å². The molecule has 2 N–H and O–H groups in total. The van der Waals surface area contributed by atoms with Gasteiger partial charge in [-0.3, -0.25) is 4.57 Å². The molecule has 2 aromatic carbocycles. The maximum Gasteiger partial charge on any atom is 0.124 e. The van der Waals surface area contributed by atoms with E-state index in [0.29, 0.717) is 10.7 Å². The minimum Gasteiger partial charge on any atom is -0.399 e. The van der Waals surface area contributed by atoms with Gasteiger partial charge in [0.2, 0.25) is 0 Å². The molecule has 0 atom stereocenters. The predicted molar refractivity (Wildman–Crippen MR) is 84.4 cm³/mol. The fraction of sp³-hybridized carbons (Fsp3) is 0.188. The average molecular weight is 304 g/mol. The number of imidazole rings is 1. The Morgan fingerprint density at radius 1 is 1.24 bits per heavy atom. The maximum absolute atomic E-state index is 13.3. The van der Waals surface area contributed by atoms with Crippen LogP contribution in [0.2, 0.25) is 5.02 Å². The van der Waals surface area contributed by atoms with Gasteiger partial charge in [0, 0.05) is 12.1 Å². The van der Waals surface area contributed by atoms with E-state index < -0.39 is 0 Å². The zero-order valence-electron chi connectivity index (χ0n) is 11.6. The molecule has 1 heterocycles. The lowest BCUT2D eigenvalue weighted by Crippen LogP contribution is -2.02. The van der Waals surface area contributed by atoms with Crippen molar-refractivity contribution in [3.05, 3.63) is 53.1 Å². The largest absolute Gasteiger partial charge is 0.399 e. The molecule has 0 radical (unpaired) electrons. The van der Waals surface area contributed by atoms with Crippen molar-refractivity contribution in [1.82, 2.24) is 9.55 Å². The third kappa shape index (κ3) is 2.47. The molecule has 3 aromatic rings. The van der Waals surface area contributed by atoms with Crippen LogP contribution in [0.1, 0.15) is 19.2 Å². The van der Waals surface area contributed by atoms with E-state index in [1.807, 2.05) is 22.8 Å². The smallest absolute Gasteiger partial charge is 0.124 e. The molecule has 3 rings (SSSR count). The fourth-order valence-electron chi connectivity index (χ4n) is 2.47. The highest BCUT2D eigenvalue weighted by molar-refractivity contribution is 6.32. The number of nitrogen functional groups attached to an aromatic ring is 1. The van der Waals surface area contributed by atoms with Crippen LogP contribution < -0.4 is 5.73 Å². The summed E-state index contributed by atoms with van der Waals surface area (Å²) < 4.78 is 15.3. The molecule has 21 heavy (non-hydrogen) atoms. The highest BCUT2D eigenvalue weighted by Gasteiger charge is 2.14. The molecular weight excluding hydrogens is 289 g/mol. The second kappa shape index (κ2) is 5.37. The third-order valence-electron chi connectivity index (χ3n) is 3.37.